The number of rotatable bonds is 7. The van der Waals surface area contributed by atoms with Crippen molar-refractivity contribution in [2.24, 2.45) is 4.99 Å². The minimum absolute atomic E-state index is 0.630. The summed E-state index contributed by atoms with van der Waals surface area (Å²) in [5.74, 6) is 0.872. The van der Waals surface area contributed by atoms with Gasteiger partial charge < -0.3 is 15.4 Å². The van der Waals surface area contributed by atoms with E-state index in [-0.39, 0.29) is 0 Å². The topological polar surface area (TPSA) is 45.7 Å². The van der Waals surface area contributed by atoms with Crippen LogP contribution in [-0.2, 0) is 17.9 Å². The fourth-order valence-corrected chi connectivity index (χ4v) is 1.76. The van der Waals surface area contributed by atoms with Crippen LogP contribution in [0.3, 0.4) is 0 Å². The fourth-order valence-electron chi connectivity index (χ4n) is 1.76. The lowest BCUT2D eigenvalue weighted by Gasteiger charge is -2.11. The van der Waals surface area contributed by atoms with Crippen molar-refractivity contribution in [1.82, 2.24) is 10.6 Å². The van der Waals surface area contributed by atoms with Crippen molar-refractivity contribution in [2.75, 3.05) is 20.2 Å². The van der Waals surface area contributed by atoms with Gasteiger partial charge in [-0.05, 0) is 24.5 Å². The average molecular weight is 263 g/mol. The van der Waals surface area contributed by atoms with Crippen molar-refractivity contribution in [2.45, 2.75) is 33.4 Å². The smallest absolute Gasteiger partial charge is 0.191 e. The van der Waals surface area contributed by atoms with Crippen molar-refractivity contribution in [3.8, 4) is 0 Å². The maximum Gasteiger partial charge on any atom is 0.191 e. The monoisotopic (exact) mass is 263 g/mol. The molecule has 19 heavy (non-hydrogen) atoms. The molecule has 106 valence electrons. The lowest BCUT2D eigenvalue weighted by atomic mass is 10.1. The molecule has 0 aromatic heterocycles. The van der Waals surface area contributed by atoms with Crippen molar-refractivity contribution in [1.29, 1.82) is 0 Å². The number of nitrogens with zero attached hydrogens (tertiary/aromatic N) is 1. The van der Waals surface area contributed by atoms with Gasteiger partial charge in [-0.2, -0.15) is 0 Å². The minimum atomic E-state index is 0.630. The normalized spacial score (nSPS) is 11.4. The molecule has 1 rings (SSSR count). The number of nitrogens with one attached hydrogen (secondary N) is 2. The molecule has 0 spiro atoms. The highest BCUT2D eigenvalue weighted by atomic mass is 16.5. The predicted octanol–water partition coefficient (Wildman–Crippen LogP) is 2.30. The van der Waals surface area contributed by atoms with Gasteiger partial charge in [-0.15, -0.1) is 0 Å². The van der Waals surface area contributed by atoms with Crippen LogP contribution in [0.5, 0.6) is 0 Å². The summed E-state index contributed by atoms with van der Waals surface area (Å²) in [5.41, 5.74) is 2.40. The molecule has 0 saturated heterocycles. The molecule has 0 unspecified atom stereocenters. The largest absolute Gasteiger partial charge is 0.380 e. The standard InChI is InChI=1S/C15H25N3O/c1-4-10-17-15(16-5-2)18-11-13-8-6-7-9-14(13)12-19-3/h6-9H,4-5,10-12H2,1-3H3,(H2,16,17,18). The lowest BCUT2D eigenvalue weighted by molar-refractivity contribution is 0.184. The Kier molecular flexibility index (Phi) is 7.66. The first-order valence-electron chi connectivity index (χ1n) is 6.89. The van der Waals surface area contributed by atoms with Gasteiger partial charge in [-0.3, -0.25) is 0 Å². The maximum atomic E-state index is 5.21. The minimum Gasteiger partial charge on any atom is -0.380 e. The van der Waals surface area contributed by atoms with Crippen molar-refractivity contribution in [3.05, 3.63) is 35.4 Å². The average Bonchev–Trinajstić information content (AvgIpc) is 2.43. The highest BCUT2D eigenvalue weighted by Gasteiger charge is 2.01. The summed E-state index contributed by atoms with van der Waals surface area (Å²) in [6.45, 7) is 7.32. The molecule has 0 aliphatic rings. The van der Waals surface area contributed by atoms with Gasteiger partial charge >= 0.3 is 0 Å². The lowest BCUT2D eigenvalue weighted by Crippen LogP contribution is -2.37. The second-order valence-electron chi connectivity index (χ2n) is 4.32. The van der Waals surface area contributed by atoms with E-state index in [1.54, 1.807) is 7.11 Å². The zero-order valence-electron chi connectivity index (χ0n) is 12.2. The number of ether oxygens (including phenoxy) is 1. The Morgan fingerprint density at radius 3 is 2.53 bits per heavy atom. The first kappa shape index (κ1) is 15.5. The number of hydrogen-bond donors (Lipinski definition) is 2. The molecule has 0 radical (unpaired) electrons. The van der Waals surface area contributed by atoms with Crippen LogP contribution in [0.1, 0.15) is 31.4 Å². The molecule has 0 aliphatic heterocycles. The molecule has 0 aliphatic carbocycles. The molecular formula is C15H25N3O. The first-order valence-corrected chi connectivity index (χ1v) is 6.89. The number of hydrogen-bond acceptors (Lipinski definition) is 2. The van der Waals surface area contributed by atoms with Gasteiger partial charge in [0.25, 0.3) is 0 Å². The van der Waals surface area contributed by atoms with Gasteiger partial charge in [0, 0.05) is 20.2 Å². The predicted molar refractivity (Wildman–Crippen MR) is 80.3 cm³/mol. The second kappa shape index (κ2) is 9.39. The van der Waals surface area contributed by atoms with E-state index < -0.39 is 0 Å². The Labute approximate surface area is 116 Å². The quantitative estimate of drug-likeness (QED) is 0.586. The third kappa shape index (κ3) is 5.75. The molecule has 2 N–H and O–H groups in total. The van der Waals surface area contributed by atoms with E-state index in [9.17, 15) is 0 Å². The van der Waals surface area contributed by atoms with Gasteiger partial charge in [0.2, 0.25) is 0 Å². The molecular weight excluding hydrogens is 238 g/mol. The van der Waals surface area contributed by atoms with Crippen LogP contribution in [0, 0.1) is 0 Å². The van der Waals surface area contributed by atoms with Gasteiger partial charge in [0.05, 0.1) is 13.2 Å². The van der Waals surface area contributed by atoms with E-state index in [4.69, 9.17) is 4.74 Å². The summed E-state index contributed by atoms with van der Waals surface area (Å²) in [5, 5.41) is 6.55. The van der Waals surface area contributed by atoms with Crippen LogP contribution in [0.2, 0.25) is 0 Å². The van der Waals surface area contributed by atoms with Gasteiger partial charge in [0.1, 0.15) is 0 Å². The highest BCUT2D eigenvalue weighted by molar-refractivity contribution is 5.79. The number of guanidine groups is 1. The van der Waals surface area contributed by atoms with E-state index in [0.717, 1.165) is 25.5 Å². The zero-order valence-corrected chi connectivity index (χ0v) is 12.2. The molecule has 4 nitrogen and oxygen atoms in total. The third-order valence-electron chi connectivity index (χ3n) is 2.71. The Hall–Kier alpha value is -1.55. The molecule has 0 atom stereocenters. The fraction of sp³-hybridized carbons (Fsp3) is 0.533. The van der Waals surface area contributed by atoms with Crippen LogP contribution in [0.15, 0.2) is 29.3 Å². The van der Waals surface area contributed by atoms with E-state index in [0.29, 0.717) is 13.2 Å². The molecule has 0 fully saturated rings. The zero-order chi connectivity index (χ0) is 13.9. The van der Waals surface area contributed by atoms with E-state index in [1.807, 2.05) is 12.1 Å². The molecule has 4 heteroatoms. The summed E-state index contributed by atoms with van der Waals surface area (Å²) in [6.07, 6.45) is 1.09. The van der Waals surface area contributed by atoms with Gasteiger partial charge in [0.15, 0.2) is 5.96 Å². The number of benzene rings is 1. The Morgan fingerprint density at radius 1 is 1.16 bits per heavy atom. The van der Waals surface area contributed by atoms with Crippen molar-refractivity contribution in [3.63, 3.8) is 0 Å². The molecule has 0 bridgehead atoms. The summed E-state index contributed by atoms with van der Waals surface area (Å²) >= 11 is 0. The number of methoxy groups -OCH3 is 1. The highest BCUT2D eigenvalue weighted by Crippen LogP contribution is 2.10. The first-order chi connectivity index (χ1) is 9.31. The molecule has 0 saturated carbocycles. The van der Waals surface area contributed by atoms with E-state index in [1.165, 1.54) is 11.1 Å². The molecule has 0 amide bonds. The summed E-state index contributed by atoms with van der Waals surface area (Å²) < 4.78 is 5.21. The summed E-state index contributed by atoms with van der Waals surface area (Å²) in [4.78, 5) is 4.60. The van der Waals surface area contributed by atoms with Crippen molar-refractivity contribution >= 4 is 5.96 Å². The third-order valence-corrected chi connectivity index (χ3v) is 2.71. The summed E-state index contributed by atoms with van der Waals surface area (Å²) in [6, 6.07) is 8.25. The molecule has 0 heterocycles. The molecule has 1 aromatic rings. The van der Waals surface area contributed by atoms with Crippen LogP contribution in [0.4, 0.5) is 0 Å². The van der Waals surface area contributed by atoms with Crippen LogP contribution >= 0.6 is 0 Å². The molecule has 1 aromatic carbocycles. The Bertz CT molecular complexity index is 391. The maximum absolute atomic E-state index is 5.21. The summed E-state index contributed by atoms with van der Waals surface area (Å²) in [7, 11) is 1.72. The van der Waals surface area contributed by atoms with Gasteiger partial charge in [-0.1, -0.05) is 31.2 Å². The van der Waals surface area contributed by atoms with Crippen LogP contribution in [-0.4, -0.2) is 26.2 Å². The van der Waals surface area contributed by atoms with Crippen LogP contribution < -0.4 is 10.6 Å². The Balaban J connectivity index is 2.70. The van der Waals surface area contributed by atoms with Crippen molar-refractivity contribution < 1.29 is 4.74 Å². The van der Waals surface area contributed by atoms with E-state index in [2.05, 4.69) is 41.6 Å². The van der Waals surface area contributed by atoms with E-state index >= 15 is 0 Å². The number of aliphatic imine (C=N–C) groups is 1. The second-order valence-corrected chi connectivity index (χ2v) is 4.32. The van der Waals surface area contributed by atoms with Crippen LogP contribution in [0.25, 0.3) is 0 Å². The Morgan fingerprint density at radius 2 is 1.89 bits per heavy atom. The SMILES string of the molecule is CCCNC(=NCc1ccccc1COC)NCC. The van der Waals surface area contributed by atoms with Gasteiger partial charge in [-0.25, -0.2) is 4.99 Å².